The van der Waals surface area contributed by atoms with Crippen LogP contribution in [0.25, 0.3) is 0 Å². The maximum atomic E-state index is 4.53. The maximum absolute atomic E-state index is 4.53. The normalized spacial score (nSPS) is 23.2. The smallest absolute Gasteiger partial charge is 0.128 e. The molecule has 0 aromatic carbocycles. The van der Waals surface area contributed by atoms with E-state index in [-0.39, 0.29) is 0 Å². The second-order valence-electron chi connectivity index (χ2n) is 6.33. The summed E-state index contributed by atoms with van der Waals surface area (Å²) in [6.45, 7) is 3.28. The average molecular weight is 274 g/mol. The fourth-order valence-corrected chi connectivity index (χ4v) is 2.95. The summed E-state index contributed by atoms with van der Waals surface area (Å²) in [6.07, 6.45) is 7.25. The summed E-state index contributed by atoms with van der Waals surface area (Å²) in [7, 11) is 4.39. The lowest BCUT2D eigenvalue weighted by Crippen LogP contribution is -2.37. The fourth-order valence-electron chi connectivity index (χ4n) is 2.95. The highest BCUT2D eigenvalue weighted by molar-refractivity contribution is 5.40. The van der Waals surface area contributed by atoms with Gasteiger partial charge in [0.05, 0.1) is 0 Å². The van der Waals surface area contributed by atoms with E-state index in [9.17, 15) is 0 Å². The summed E-state index contributed by atoms with van der Waals surface area (Å²) in [6, 6.07) is 5.78. The van der Waals surface area contributed by atoms with Gasteiger partial charge in [0, 0.05) is 38.4 Å². The van der Waals surface area contributed by atoms with E-state index >= 15 is 0 Å². The number of pyridine rings is 1. The van der Waals surface area contributed by atoms with Crippen molar-refractivity contribution in [3.8, 4) is 0 Å². The number of hydrogen-bond donors (Lipinski definition) is 1. The lowest BCUT2D eigenvalue weighted by molar-refractivity contribution is 0.314. The minimum atomic E-state index is 0.676. The van der Waals surface area contributed by atoms with E-state index in [1.165, 1.54) is 37.8 Å². The Balaban J connectivity index is 1.58. The number of nitrogens with zero attached hydrogens (tertiary/aromatic N) is 3. The number of likely N-dealkylation sites (tertiary alicyclic amines) is 1. The topological polar surface area (TPSA) is 31.4 Å². The predicted molar refractivity (Wildman–Crippen MR) is 83.0 cm³/mol. The second kappa shape index (κ2) is 6.10. The van der Waals surface area contributed by atoms with Gasteiger partial charge in [-0.1, -0.05) is 0 Å². The van der Waals surface area contributed by atoms with Gasteiger partial charge >= 0.3 is 0 Å². The van der Waals surface area contributed by atoms with Crippen molar-refractivity contribution in [2.24, 2.45) is 0 Å². The molecule has 0 spiro atoms. The van der Waals surface area contributed by atoms with Crippen LogP contribution in [0.5, 0.6) is 0 Å². The van der Waals surface area contributed by atoms with Crippen molar-refractivity contribution in [3.05, 3.63) is 23.9 Å². The van der Waals surface area contributed by atoms with Crippen LogP contribution in [-0.4, -0.2) is 49.2 Å². The van der Waals surface area contributed by atoms with Crippen molar-refractivity contribution in [1.82, 2.24) is 15.2 Å². The molecular formula is C16H26N4. The zero-order valence-electron chi connectivity index (χ0n) is 12.7. The van der Waals surface area contributed by atoms with Crippen molar-refractivity contribution in [2.45, 2.75) is 44.3 Å². The fraction of sp³-hybridized carbons (Fsp3) is 0.688. The highest BCUT2D eigenvalue weighted by Crippen LogP contribution is 2.21. The lowest BCUT2D eigenvalue weighted by Gasteiger charge is -2.26. The van der Waals surface area contributed by atoms with Crippen LogP contribution in [0.3, 0.4) is 0 Å². The summed E-state index contributed by atoms with van der Waals surface area (Å²) in [4.78, 5) is 9.29. The summed E-state index contributed by atoms with van der Waals surface area (Å²) in [5, 5.41) is 3.56. The molecule has 1 saturated heterocycles. The van der Waals surface area contributed by atoms with Gasteiger partial charge in [-0.15, -0.1) is 0 Å². The first-order valence-corrected chi connectivity index (χ1v) is 7.82. The monoisotopic (exact) mass is 274 g/mol. The van der Waals surface area contributed by atoms with Crippen LogP contribution in [0.4, 0.5) is 5.82 Å². The van der Waals surface area contributed by atoms with Crippen LogP contribution in [0.2, 0.25) is 0 Å². The Morgan fingerprint density at radius 3 is 2.95 bits per heavy atom. The van der Waals surface area contributed by atoms with E-state index in [1.54, 1.807) is 0 Å². The van der Waals surface area contributed by atoms with Crippen LogP contribution >= 0.6 is 0 Å². The van der Waals surface area contributed by atoms with E-state index in [0.717, 1.165) is 24.9 Å². The summed E-state index contributed by atoms with van der Waals surface area (Å²) < 4.78 is 0. The van der Waals surface area contributed by atoms with E-state index < -0.39 is 0 Å². The van der Waals surface area contributed by atoms with Gasteiger partial charge in [0.15, 0.2) is 0 Å². The molecule has 0 radical (unpaired) electrons. The molecule has 4 heteroatoms. The molecule has 1 N–H and O–H groups in total. The van der Waals surface area contributed by atoms with Crippen LogP contribution in [-0.2, 0) is 6.54 Å². The van der Waals surface area contributed by atoms with Gasteiger partial charge in [0.2, 0.25) is 0 Å². The lowest BCUT2D eigenvalue weighted by atomic mass is 10.2. The predicted octanol–water partition coefficient (Wildman–Crippen LogP) is 1.86. The molecule has 1 saturated carbocycles. The standard InChI is InChI=1S/C16H26N4/c1-19-9-3-4-15(19)12-20(2)16-10-13(7-8-17-16)11-18-14-5-6-14/h7-8,10,14-15,18H,3-6,9,11-12H2,1-2H3. The first kappa shape index (κ1) is 13.8. The minimum Gasteiger partial charge on any atom is -0.358 e. The molecule has 1 unspecified atom stereocenters. The molecule has 1 aromatic rings. The van der Waals surface area contributed by atoms with Crippen molar-refractivity contribution in [2.75, 3.05) is 32.1 Å². The molecule has 4 nitrogen and oxygen atoms in total. The third-order valence-electron chi connectivity index (χ3n) is 4.53. The molecule has 0 amide bonds. The quantitative estimate of drug-likeness (QED) is 0.858. The molecule has 2 fully saturated rings. The molecule has 0 bridgehead atoms. The second-order valence-corrected chi connectivity index (χ2v) is 6.33. The zero-order valence-corrected chi connectivity index (χ0v) is 12.7. The minimum absolute atomic E-state index is 0.676. The highest BCUT2D eigenvalue weighted by atomic mass is 15.2. The van der Waals surface area contributed by atoms with Crippen molar-refractivity contribution >= 4 is 5.82 Å². The molecule has 2 aliphatic rings. The third-order valence-corrected chi connectivity index (χ3v) is 4.53. The summed E-state index contributed by atoms with van der Waals surface area (Å²) in [5.41, 5.74) is 1.34. The van der Waals surface area contributed by atoms with Gasteiger partial charge in [0.25, 0.3) is 0 Å². The van der Waals surface area contributed by atoms with Crippen LogP contribution in [0.1, 0.15) is 31.2 Å². The van der Waals surface area contributed by atoms with Crippen molar-refractivity contribution in [1.29, 1.82) is 0 Å². The van der Waals surface area contributed by atoms with E-state index in [1.807, 2.05) is 6.20 Å². The maximum Gasteiger partial charge on any atom is 0.128 e. The van der Waals surface area contributed by atoms with Gasteiger partial charge in [-0.2, -0.15) is 0 Å². The highest BCUT2D eigenvalue weighted by Gasteiger charge is 2.23. The largest absolute Gasteiger partial charge is 0.358 e. The Labute approximate surface area is 122 Å². The molecular weight excluding hydrogens is 248 g/mol. The average Bonchev–Trinajstić information content (AvgIpc) is 3.21. The Hall–Kier alpha value is -1.13. The van der Waals surface area contributed by atoms with Crippen molar-refractivity contribution in [3.63, 3.8) is 0 Å². The van der Waals surface area contributed by atoms with Gasteiger partial charge in [-0.05, 0) is 57.0 Å². The number of aromatic nitrogens is 1. The van der Waals surface area contributed by atoms with Crippen LogP contribution in [0, 0.1) is 0 Å². The van der Waals surface area contributed by atoms with Gasteiger partial charge in [0.1, 0.15) is 5.82 Å². The molecule has 1 aromatic heterocycles. The van der Waals surface area contributed by atoms with E-state index in [0.29, 0.717) is 6.04 Å². The van der Waals surface area contributed by atoms with E-state index in [2.05, 4.69) is 46.3 Å². The Morgan fingerprint density at radius 1 is 1.40 bits per heavy atom. The molecule has 1 aliphatic carbocycles. The first-order chi connectivity index (χ1) is 9.72. The van der Waals surface area contributed by atoms with Crippen molar-refractivity contribution < 1.29 is 0 Å². The van der Waals surface area contributed by atoms with Gasteiger partial charge in [-0.3, -0.25) is 0 Å². The number of nitrogens with one attached hydrogen (secondary N) is 1. The summed E-state index contributed by atoms with van der Waals surface area (Å²) >= 11 is 0. The van der Waals surface area contributed by atoms with Gasteiger partial charge < -0.3 is 15.1 Å². The number of hydrogen-bond acceptors (Lipinski definition) is 4. The van der Waals surface area contributed by atoms with E-state index in [4.69, 9.17) is 0 Å². The third kappa shape index (κ3) is 3.49. The molecule has 3 rings (SSSR count). The number of likely N-dealkylation sites (N-methyl/N-ethyl adjacent to an activating group) is 2. The first-order valence-electron chi connectivity index (χ1n) is 7.82. The molecule has 2 heterocycles. The zero-order chi connectivity index (χ0) is 13.9. The molecule has 1 atom stereocenters. The molecule has 20 heavy (non-hydrogen) atoms. The molecule has 110 valence electrons. The van der Waals surface area contributed by atoms with Crippen LogP contribution < -0.4 is 10.2 Å². The SMILES string of the molecule is CN(CC1CCCN1C)c1cc(CNC2CC2)ccn1. The van der Waals surface area contributed by atoms with Crippen LogP contribution in [0.15, 0.2) is 18.3 Å². The summed E-state index contributed by atoms with van der Waals surface area (Å²) in [5.74, 6) is 1.10. The molecule has 1 aliphatic heterocycles. The number of anilines is 1. The Morgan fingerprint density at radius 2 is 2.25 bits per heavy atom. The Bertz CT molecular complexity index is 444. The number of rotatable bonds is 6. The Kier molecular flexibility index (Phi) is 4.22. The van der Waals surface area contributed by atoms with Gasteiger partial charge in [-0.25, -0.2) is 4.98 Å².